The predicted molar refractivity (Wildman–Crippen MR) is 75.3 cm³/mol. The molecular weight excluding hydrogens is 256 g/mol. The van der Waals surface area contributed by atoms with Gasteiger partial charge in [-0.25, -0.2) is 4.79 Å². The van der Waals surface area contributed by atoms with E-state index in [2.05, 4.69) is 22.5 Å². The van der Waals surface area contributed by atoms with Crippen LogP contribution in [0.1, 0.15) is 32.6 Å². The van der Waals surface area contributed by atoms with E-state index in [1.54, 1.807) is 0 Å². The molecule has 0 radical (unpaired) electrons. The summed E-state index contributed by atoms with van der Waals surface area (Å²) in [6.07, 6.45) is 4.79. The summed E-state index contributed by atoms with van der Waals surface area (Å²) < 4.78 is 0. The van der Waals surface area contributed by atoms with Gasteiger partial charge in [-0.1, -0.05) is 6.92 Å². The van der Waals surface area contributed by atoms with Crippen LogP contribution in [0.15, 0.2) is 0 Å². The molecule has 20 heavy (non-hydrogen) atoms. The minimum absolute atomic E-state index is 0.0623. The van der Waals surface area contributed by atoms with E-state index in [-0.39, 0.29) is 11.9 Å². The minimum atomic E-state index is -0.239. The molecule has 3 rings (SSSR count). The summed E-state index contributed by atoms with van der Waals surface area (Å²) in [5.41, 5.74) is 0. The zero-order valence-corrected chi connectivity index (χ0v) is 12.1. The second-order valence-corrected chi connectivity index (χ2v) is 6.10. The molecule has 112 valence electrons. The molecule has 0 aliphatic carbocycles. The van der Waals surface area contributed by atoms with Crippen LogP contribution in [0, 0.1) is 0 Å². The number of imide groups is 1. The van der Waals surface area contributed by atoms with Gasteiger partial charge >= 0.3 is 6.03 Å². The van der Waals surface area contributed by atoms with Crippen molar-refractivity contribution in [3.8, 4) is 0 Å². The molecule has 3 aliphatic rings. The van der Waals surface area contributed by atoms with E-state index in [1.165, 1.54) is 17.7 Å². The molecule has 2 N–H and O–H groups in total. The number of urea groups is 1. The van der Waals surface area contributed by atoms with Crippen molar-refractivity contribution in [1.29, 1.82) is 0 Å². The fourth-order valence-corrected chi connectivity index (χ4v) is 3.79. The first-order valence-electron chi connectivity index (χ1n) is 7.75. The monoisotopic (exact) mass is 280 g/mol. The molecule has 3 amide bonds. The summed E-state index contributed by atoms with van der Waals surface area (Å²) in [5, 5.41) is 6.31. The van der Waals surface area contributed by atoms with Gasteiger partial charge in [0.2, 0.25) is 5.91 Å². The molecule has 2 bridgehead atoms. The molecule has 0 aromatic carbocycles. The predicted octanol–water partition coefficient (Wildman–Crippen LogP) is 0.143. The van der Waals surface area contributed by atoms with Crippen molar-refractivity contribution >= 4 is 11.9 Å². The molecule has 3 fully saturated rings. The number of nitrogens with zero attached hydrogens (tertiary/aromatic N) is 2. The van der Waals surface area contributed by atoms with E-state index < -0.39 is 0 Å². The Labute approximate surface area is 119 Å². The molecule has 0 aromatic rings. The maximum atomic E-state index is 12.3. The van der Waals surface area contributed by atoms with E-state index in [1.807, 2.05) is 0 Å². The first-order chi connectivity index (χ1) is 9.67. The van der Waals surface area contributed by atoms with Crippen molar-refractivity contribution < 1.29 is 9.59 Å². The number of nitrogens with one attached hydrogen (secondary N) is 2. The van der Waals surface area contributed by atoms with E-state index in [0.29, 0.717) is 37.8 Å². The quantitative estimate of drug-likeness (QED) is 0.769. The lowest BCUT2D eigenvalue weighted by atomic mass is 9.98. The normalized spacial score (nSPS) is 32.8. The van der Waals surface area contributed by atoms with Crippen LogP contribution in [0.4, 0.5) is 4.79 Å². The Morgan fingerprint density at radius 1 is 1.35 bits per heavy atom. The topological polar surface area (TPSA) is 64.7 Å². The largest absolute Gasteiger partial charge is 0.336 e. The SMILES string of the molecule is CCN(CC(=O)N1CCNC1=O)C1CC2CCC(C1)N2. The smallest absolute Gasteiger partial charge is 0.324 e. The highest BCUT2D eigenvalue weighted by Crippen LogP contribution is 2.29. The van der Waals surface area contributed by atoms with Crippen LogP contribution in [0.5, 0.6) is 0 Å². The Morgan fingerprint density at radius 2 is 2.05 bits per heavy atom. The first-order valence-corrected chi connectivity index (χ1v) is 7.75. The summed E-state index contributed by atoms with van der Waals surface area (Å²) in [5.74, 6) is -0.0623. The third-order valence-electron chi connectivity index (χ3n) is 4.87. The zero-order valence-electron chi connectivity index (χ0n) is 12.1. The molecule has 0 aromatic heterocycles. The number of hydrogen-bond acceptors (Lipinski definition) is 4. The number of carbonyl (C=O) groups excluding carboxylic acids is 2. The van der Waals surface area contributed by atoms with Gasteiger partial charge in [0.1, 0.15) is 0 Å². The number of amides is 3. The van der Waals surface area contributed by atoms with Gasteiger partial charge in [-0.2, -0.15) is 0 Å². The molecule has 2 atom stereocenters. The number of hydrogen-bond donors (Lipinski definition) is 2. The summed E-state index contributed by atoms with van der Waals surface area (Å²) in [6.45, 7) is 4.42. The van der Waals surface area contributed by atoms with E-state index in [4.69, 9.17) is 0 Å². The summed E-state index contributed by atoms with van der Waals surface area (Å²) >= 11 is 0. The van der Waals surface area contributed by atoms with E-state index in [9.17, 15) is 9.59 Å². The number of likely N-dealkylation sites (N-methyl/N-ethyl adjacent to an activating group) is 1. The highest BCUT2D eigenvalue weighted by Gasteiger charge is 2.37. The summed E-state index contributed by atoms with van der Waals surface area (Å²) in [7, 11) is 0. The zero-order chi connectivity index (χ0) is 14.1. The minimum Gasteiger partial charge on any atom is -0.336 e. The van der Waals surface area contributed by atoms with Gasteiger partial charge in [-0.15, -0.1) is 0 Å². The third-order valence-corrected chi connectivity index (χ3v) is 4.87. The Morgan fingerprint density at radius 3 is 2.60 bits per heavy atom. The fraction of sp³-hybridized carbons (Fsp3) is 0.857. The highest BCUT2D eigenvalue weighted by molar-refractivity contribution is 5.96. The van der Waals surface area contributed by atoms with Crippen LogP contribution in [-0.4, -0.2) is 66.0 Å². The van der Waals surface area contributed by atoms with Crippen LogP contribution in [0.3, 0.4) is 0 Å². The number of piperidine rings is 1. The second kappa shape index (κ2) is 5.69. The molecular formula is C14H24N4O2. The Hall–Kier alpha value is -1.14. The maximum Gasteiger partial charge on any atom is 0.324 e. The van der Waals surface area contributed by atoms with Crippen molar-refractivity contribution in [2.24, 2.45) is 0 Å². The Balaban J connectivity index is 1.59. The van der Waals surface area contributed by atoms with Crippen LogP contribution in [0.25, 0.3) is 0 Å². The molecule has 6 nitrogen and oxygen atoms in total. The average molecular weight is 280 g/mol. The standard InChI is InChI=1S/C14H24N4O2/c1-2-17(9-13(19)18-6-5-15-14(18)20)12-7-10-3-4-11(8-12)16-10/h10-12,16H,2-9H2,1H3,(H,15,20). The number of carbonyl (C=O) groups is 2. The molecule has 6 heteroatoms. The average Bonchev–Trinajstić information content (AvgIpc) is 3.01. The molecule has 3 saturated heterocycles. The Kier molecular flexibility index (Phi) is 3.94. The van der Waals surface area contributed by atoms with Crippen LogP contribution in [-0.2, 0) is 4.79 Å². The van der Waals surface area contributed by atoms with Crippen molar-refractivity contribution in [2.45, 2.75) is 50.7 Å². The van der Waals surface area contributed by atoms with Crippen molar-refractivity contribution in [1.82, 2.24) is 20.4 Å². The summed E-state index contributed by atoms with van der Waals surface area (Å²) in [6, 6.07) is 1.49. The maximum absolute atomic E-state index is 12.3. The van der Waals surface area contributed by atoms with Crippen molar-refractivity contribution in [3.63, 3.8) is 0 Å². The van der Waals surface area contributed by atoms with Gasteiger partial charge in [0.15, 0.2) is 0 Å². The molecule has 0 saturated carbocycles. The van der Waals surface area contributed by atoms with Gasteiger partial charge in [0, 0.05) is 31.2 Å². The first kappa shape index (κ1) is 13.8. The lowest BCUT2D eigenvalue weighted by molar-refractivity contribution is -0.129. The van der Waals surface area contributed by atoms with Gasteiger partial charge in [0.05, 0.1) is 6.54 Å². The second-order valence-electron chi connectivity index (χ2n) is 6.10. The van der Waals surface area contributed by atoms with Gasteiger partial charge in [0.25, 0.3) is 0 Å². The van der Waals surface area contributed by atoms with Gasteiger partial charge in [-0.3, -0.25) is 14.6 Å². The van der Waals surface area contributed by atoms with Crippen molar-refractivity contribution in [3.05, 3.63) is 0 Å². The number of rotatable bonds is 4. The van der Waals surface area contributed by atoms with E-state index in [0.717, 1.165) is 19.4 Å². The van der Waals surface area contributed by atoms with Crippen LogP contribution < -0.4 is 10.6 Å². The van der Waals surface area contributed by atoms with Crippen molar-refractivity contribution in [2.75, 3.05) is 26.2 Å². The third kappa shape index (κ3) is 2.67. The lowest BCUT2D eigenvalue weighted by Gasteiger charge is -2.37. The van der Waals surface area contributed by atoms with Crippen LogP contribution >= 0.6 is 0 Å². The molecule has 2 unspecified atom stereocenters. The molecule has 3 heterocycles. The van der Waals surface area contributed by atoms with Gasteiger partial charge < -0.3 is 10.6 Å². The Bertz CT molecular complexity index is 389. The summed E-state index contributed by atoms with van der Waals surface area (Å²) in [4.78, 5) is 27.4. The fourth-order valence-electron chi connectivity index (χ4n) is 3.79. The number of fused-ring (bicyclic) bond motifs is 2. The van der Waals surface area contributed by atoms with Gasteiger partial charge in [-0.05, 0) is 32.2 Å². The lowest BCUT2D eigenvalue weighted by Crippen LogP contribution is -2.51. The highest BCUT2D eigenvalue weighted by atomic mass is 16.2. The van der Waals surface area contributed by atoms with Crippen LogP contribution in [0.2, 0.25) is 0 Å². The van der Waals surface area contributed by atoms with E-state index >= 15 is 0 Å². The molecule has 3 aliphatic heterocycles. The molecule has 0 spiro atoms.